The Balaban J connectivity index is 1.56. The lowest BCUT2D eigenvalue weighted by Crippen LogP contribution is -2.13. The van der Waals surface area contributed by atoms with Crippen LogP contribution in [-0.2, 0) is 6.54 Å². The highest BCUT2D eigenvalue weighted by Gasteiger charge is 2.25. The van der Waals surface area contributed by atoms with Crippen molar-refractivity contribution < 1.29 is 0 Å². The van der Waals surface area contributed by atoms with Crippen LogP contribution in [0.5, 0.6) is 0 Å². The van der Waals surface area contributed by atoms with E-state index in [1.165, 1.54) is 30.0 Å². The first-order valence-corrected chi connectivity index (χ1v) is 8.14. The summed E-state index contributed by atoms with van der Waals surface area (Å²) in [6.07, 6.45) is 2.40. The van der Waals surface area contributed by atoms with Gasteiger partial charge in [-0.3, -0.25) is 14.9 Å². The quantitative estimate of drug-likeness (QED) is 0.674. The molecule has 2 heterocycles. The van der Waals surface area contributed by atoms with E-state index in [9.17, 15) is 4.79 Å². The van der Waals surface area contributed by atoms with Crippen molar-refractivity contribution in [2.75, 3.05) is 5.32 Å². The van der Waals surface area contributed by atoms with Crippen molar-refractivity contribution >= 4 is 5.95 Å². The summed E-state index contributed by atoms with van der Waals surface area (Å²) >= 11 is 0. The summed E-state index contributed by atoms with van der Waals surface area (Å²) in [5.41, 5.74) is 4.59. The van der Waals surface area contributed by atoms with Crippen molar-refractivity contribution in [1.29, 1.82) is 0 Å². The number of aromatic amines is 2. The van der Waals surface area contributed by atoms with Gasteiger partial charge in [0.05, 0.1) is 5.69 Å². The Morgan fingerprint density at radius 3 is 2.83 bits per heavy atom. The molecule has 2 aromatic heterocycles. The molecule has 0 amide bonds. The van der Waals surface area contributed by atoms with Crippen LogP contribution in [0.3, 0.4) is 0 Å². The Labute approximate surface area is 139 Å². The Hall–Kier alpha value is -2.89. The van der Waals surface area contributed by atoms with E-state index in [-0.39, 0.29) is 5.56 Å². The third-order valence-corrected chi connectivity index (χ3v) is 4.33. The highest BCUT2D eigenvalue weighted by molar-refractivity contribution is 5.56. The molecule has 1 aromatic carbocycles. The predicted molar refractivity (Wildman–Crippen MR) is 92.9 cm³/mol. The Morgan fingerprint density at radius 1 is 1.21 bits per heavy atom. The van der Waals surface area contributed by atoms with Crippen molar-refractivity contribution in [3.05, 3.63) is 63.6 Å². The second kappa shape index (κ2) is 5.96. The molecule has 1 fully saturated rings. The maximum atomic E-state index is 11.9. The molecule has 3 aromatic rings. The monoisotopic (exact) mass is 321 g/mol. The molecule has 0 unspecified atom stereocenters. The minimum atomic E-state index is -0.191. The van der Waals surface area contributed by atoms with E-state index in [1.807, 2.05) is 18.2 Å². The van der Waals surface area contributed by atoms with Crippen LogP contribution in [0.1, 0.15) is 35.6 Å². The maximum Gasteiger partial charge on any atom is 0.252 e. The maximum absolute atomic E-state index is 11.9. The third kappa shape index (κ3) is 3.08. The molecule has 1 aliphatic carbocycles. The molecular formula is C18H19N5O. The number of H-pyrrole nitrogens is 2. The van der Waals surface area contributed by atoms with Crippen LogP contribution in [0.15, 0.2) is 41.2 Å². The SMILES string of the molecule is Cc1ccccc1CNc1nc(-c2cc(C3CC3)[nH]n2)cc(=O)[nH]1. The molecule has 1 saturated carbocycles. The Morgan fingerprint density at radius 2 is 2.04 bits per heavy atom. The molecule has 0 aliphatic heterocycles. The highest BCUT2D eigenvalue weighted by Crippen LogP contribution is 2.39. The first-order valence-electron chi connectivity index (χ1n) is 8.14. The molecule has 1 aliphatic rings. The molecule has 122 valence electrons. The van der Waals surface area contributed by atoms with Gasteiger partial charge in [-0.25, -0.2) is 4.98 Å². The fourth-order valence-corrected chi connectivity index (χ4v) is 2.73. The van der Waals surface area contributed by atoms with Crippen LogP contribution < -0.4 is 10.9 Å². The lowest BCUT2D eigenvalue weighted by atomic mass is 10.1. The number of anilines is 1. The van der Waals surface area contributed by atoms with E-state index in [1.54, 1.807) is 0 Å². The number of aryl methyl sites for hydroxylation is 1. The molecule has 0 saturated heterocycles. The molecule has 6 heteroatoms. The van der Waals surface area contributed by atoms with Gasteiger partial charge in [-0.2, -0.15) is 5.10 Å². The Bertz CT molecular complexity index is 923. The van der Waals surface area contributed by atoms with Gasteiger partial charge in [-0.15, -0.1) is 0 Å². The average Bonchev–Trinajstić information content (AvgIpc) is 3.31. The van der Waals surface area contributed by atoms with Crippen LogP contribution in [0.2, 0.25) is 0 Å². The fourth-order valence-electron chi connectivity index (χ4n) is 2.73. The van der Waals surface area contributed by atoms with E-state index in [4.69, 9.17) is 0 Å². The lowest BCUT2D eigenvalue weighted by molar-refractivity contribution is 0.963. The van der Waals surface area contributed by atoms with E-state index < -0.39 is 0 Å². The van der Waals surface area contributed by atoms with Gasteiger partial charge in [0.2, 0.25) is 5.95 Å². The van der Waals surface area contributed by atoms with Crippen LogP contribution in [-0.4, -0.2) is 20.2 Å². The van der Waals surface area contributed by atoms with Crippen LogP contribution in [0, 0.1) is 6.92 Å². The third-order valence-electron chi connectivity index (χ3n) is 4.33. The van der Waals surface area contributed by atoms with Crippen LogP contribution in [0.4, 0.5) is 5.95 Å². The zero-order chi connectivity index (χ0) is 16.5. The van der Waals surface area contributed by atoms with E-state index in [0.29, 0.717) is 29.8 Å². The van der Waals surface area contributed by atoms with Gasteiger partial charge in [-0.1, -0.05) is 24.3 Å². The van der Waals surface area contributed by atoms with E-state index >= 15 is 0 Å². The van der Waals surface area contributed by atoms with Crippen LogP contribution >= 0.6 is 0 Å². The second-order valence-electron chi connectivity index (χ2n) is 6.24. The number of nitrogens with one attached hydrogen (secondary N) is 3. The predicted octanol–water partition coefficient (Wildman–Crippen LogP) is 2.96. The second-order valence-corrected chi connectivity index (χ2v) is 6.24. The van der Waals surface area contributed by atoms with Gasteiger partial charge in [0, 0.05) is 24.2 Å². The first-order chi connectivity index (χ1) is 11.7. The molecule has 6 nitrogen and oxygen atoms in total. The highest BCUT2D eigenvalue weighted by atomic mass is 16.1. The summed E-state index contributed by atoms with van der Waals surface area (Å²) < 4.78 is 0. The van der Waals surface area contributed by atoms with Crippen molar-refractivity contribution in [2.45, 2.75) is 32.2 Å². The molecule has 0 radical (unpaired) electrons. The molecule has 4 rings (SSSR count). The van der Waals surface area contributed by atoms with Gasteiger partial charge in [0.25, 0.3) is 5.56 Å². The van der Waals surface area contributed by atoms with E-state index in [2.05, 4.69) is 44.5 Å². The van der Waals surface area contributed by atoms with Gasteiger partial charge in [-0.05, 0) is 37.0 Å². The summed E-state index contributed by atoms with van der Waals surface area (Å²) in [6.45, 7) is 2.67. The molecule has 0 bridgehead atoms. The number of benzene rings is 1. The fraction of sp³-hybridized carbons (Fsp3) is 0.278. The molecular weight excluding hydrogens is 302 g/mol. The summed E-state index contributed by atoms with van der Waals surface area (Å²) in [7, 11) is 0. The molecule has 0 spiro atoms. The summed E-state index contributed by atoms with van der Waals surface area (Å²) in [4.78, 5) is 19.2. The summed E-state index contributed by atoms with van der Waals surface area (Å²) in [5, 5.41) is 10.5. The van der Waals surface area contributed by atoms with Crippen molar-refractivity contribution in [2.24, 2.45) is 0 Å². The standard InChI is InChI=1S/C18H19N5O/c1-11-4-2-3-5-13(11)10-19-18-20-15(9-17(24)21-18)16-8-14(22-23-16)12-6-7-12/h2-5,8-9,12H,6-7,10H2,1H3,(H,22,23)(H2,19,20,21,24). The van der Waals surface area contributed by atoms with Gasteiger partial charge in [0.1, 0.15) is 5.69 Å². The van der Waals surface area contributed by atoms with E-state index in [0.717, 1.165) is 5.69 Å². The number of hydrogen-bond acceptors (Lipinski definition) is 4. The summed E-state index contributed by atoms with van der Waals surface area (Å²) in [5.74, 6) is 1.05. The number of aromatic nitrogens is 4. The minimum absolute atomic E-state index is 0.191. The number of nitrogens with zero attached hydrogens (tertiary/aromatic N) is 2. The normalized spacial score (nSPS) is 13.9. The molecule has 0 atom stereocenters. The van der Waals surface area contributed by atoms with Gasteiger partial charge < -0.3 is 5.32 Å². The zero-order valence-electron chi connectivity index (χ0n) is 13.5. The average molecular weight is 321 g/mol. The minimum Gasteiger partial charge on any atom is -0.352 e. The summed E-state index contributed by atoms with van der Waals surface area (Å²) in [6, 6.07) is 11.6. The Kier molecular flexibility index (Phi) is 3.65. The number of hydrogen-bond donors (Lipinski definition) is 3. The van der Waals surface area contributed by atoms with Crippen molar-refractivity contribution in [3.63, 3.8) is 0 Å². The van der Waals surface area contributed by atoms with Crippen molar-refractivity contribution in [1.82, 2.24) is 20.2 Å². The first kappa shape index (κ1) is 14.7. The lowest BCUT2D eigenvalue weighted by Gasteiger charge is -2.08. The molecule has 24 heavy (non-hydrogen) atoms. The molecule has 3 N–H and O–H groups in total. The van der Waals surface area contributed by atoms with Crippen LogP contribution in [0.25, 0.3) is 11.4 Å². The van der Waals surface area contributed by atoms with Gasteiger partial charge >= 0.3 is 0 Å². The zero-order valence-corrected chi connectivity index (χ0v) is 13.5. The van der Waals surface area contributed by atoms with Crippen molar-refractivity contribution in [3.8, 4) is 11.4 Å². The number of rotatable bonds is 5. The van der Waals surface area contributed by atoms with Gasteiger partial charge in [0.15, 0.2) is 0 Å². The largest absolute Gasteiger partial charge is 0.352 e. The smallest absolute Gasteiger partial charge is 0.252 e. The topological polar surface area (TPSA) is 86.5 Å².